The van der Waals surface area contributed by atoms with Gasteiger partial charge in [-0.3, -0.25) is 4.79 Å². The summed E-state index contributed by atoms with van der Waals surface area (Å²) in [4.78, 5) is 23.4. The molecule has 108 valence electrons. The van der Waals surface area contributed by atoms with Crippen molar-refractivity contribution in [3.63, 3.8) is 0 Å². The van der Waals surface area contributed by atoms with Gasteiger partial charge < -0.3 is 9.47 Å². The van der Waals surface area contributed by atoms with Gasteiger partial charge in [-0.05, 0) is 37.6 Å². The van der Waals surface area contributed by atoms with E-state index in [1.165, 1.54) is 0 Å². The quantitative estimate of drug-likeness (QED) is 0.588. The smallest absolute Gasteiger partial charge is 0.334 e. The highest BCUT2D eigenvalue weighted by molar-refractivity contribution is 9.10. The molecule has 0 fully saturated rings. The summed E-state index contributed by atoms with van der Waals surface area (Å²) in [5, 5.41) is 0. The molecule has 0 spiro atoms. The molecule has 0 aromatic heterocycles. The number of ether oxygens (including phenoxy) is 2. The van der Waals surface area contributed by atoms with Crippen LogP contribution < -0.4 is 0 Å². The summed E-state index contributed by atoms with van der Waals surface area (Å²) in [5.74, 6) is -0.942. The minimum atomic E-state index is -0.500. The van der Waals surface area contributed by atoms with Crippen molar-refractivity contribution in [3.05, 3.63) is 39.9 Å². The Morgan fingerprint density at radius 1 is 1.20 bits per heavy atom. The minimum Gasteiger partial charge on any atom is -0.466 e. The van der Waals surface area contributed by atoms with Gasteiger partial charge in [-0.2, -0.15) is 0 Å². The highest BCUT2D eigenvalue weighted by atomic mass is 79.9. The molecule has 0 aliphatic rings. The van der Waals surface area contributed by atoms with Crippen LogP contribution in [0.2, 0.25) is 0 Å². The molecule has 0 aliphatic carbocycles. The molecular weight excluding hydrogens is 324 g/mol. The lowest BCUT2D eigenvalue weighted by Gasteiger charge is -2.07. The number of benzene rings is 1. The van der Waals surface area contributed by atoms with Gasteiger partial charge in [-0.15, -0.1) is 0 Å². The van der Waals surface area contributed by atoms with E-state index in [1.54, 1.807) is 19.9 Å². The molecule has 1 rings (SSSR count). The summed E-state index contributed by atoms with van der Waals surface area (Å²) in [6.45, 7) is 3.99. The first-order valence-electron chi connectivity index (χ1n) is 6.35. The summed E-state index contributed by atoms with van der Waals surface area (Å²) < 4.78 is 10.7. The van der Waals surface area contributed by atoms with Crippen LogP contribution in [0.25, 0.3) is 6.08 Å². The van der Waals surface area contributed by atoms with Crippen LogP contribution in [0.1, 0.15) is 25.8 Å². The lowest BCUT2D eigenvalue weighted by molar-refractivity contribution is -0.145. The molecule has 0 unspecified atom stereocenters. The van der Waals surface area contributed by atoms with E-state index in [0.717, 1.165) is 10.0 Å². The monoisotopic (exact) mass is 340 g/mol. The molecule has 0 radical (unpaired) electrons. The van der Waals surface area contributed by atoms with Crippen LogP contribution in [0, 0.1) is 0 Å². The van der Waals surface area contributed by atoms with Gasteiger partial charge in [0.2, 0.25) is 0 Å². The standard InChI is InChI=1S/C15H17BrO4/c1-3-19-14(17)10-12(15(18)20-4-2)8-11-6-5-7-13(16)9-11/h5-9H,3-4,10H2,1-2H3/b12-8+. The highest BCUT2D eigenvalue weighted by Crippen LogP contribution is 2.17. The Bertz CT molecular complexity index is 508. The largest absolute Gasteiger partial charge is 0.466 e. The SMILES string of the molecule is CCOC(=O)C/C(=C\c1cccc(Br)c1)C(=O)OCC. The maximum absolute atomic E-state index is 11.9. The normalized spacial score (nSPS) is 11.1. The van der Waals surface area contributed by atoms with Crippen molar-refractivity contribution in [2.24, 2.45) is 0 Å². The van der Waals surface area contributed by atoms with Gasteiger partial charge in [0, 0.05) is 10.0 Å². The van der Waals surface area contributed by atoms with Crippen molar-refractivity contribution in [3.8, 4) is 0 Å². The maximum atomic E-state index is 11.9. The summed E-state index contributed by atoms with van der Waals surface area (Å²) >= 11 is 3.36. The molecule has 0 saturated heterocycles. The van der Waals surface area contributed by atoms with E-state index in [0.29, 0.717) is 0 Å². The van der Waals surface area contributed by atoms with Crippen molar-refractivity contribution in [2.45, 2.75) is 20.3 Å². The molecule has 4 nitrogen and oxygen atoms in total. The zero-order chi connectivity index (χ0) is 15.0. The van der Waals surface area contributed by atoms with E-state index in [4.69, 9.17) is 9.47 Å². The zero-order valence-corrected chi connectivity index (χ0v) is 13.1. The van der Waals surface area contributed by atoms with Crippen molar-refractivity contribution in [1.29, 1.82) is 0 Å². The third-order valence-corrected chi connectivity index (χ3v) is 2.86. The van der Waals surface area contributed by atoms with Crippen LogP contribution >= 0.6 is 15.9 Å². The molecule has 0 bridgehead atoms. The predicted octanol–water partition coefficient (Wildman–Crippen LogP) is 3.35. The van der Waals surface area contributed by atoms with Gasteiger partial charge >= 0.3 is 11.9 Å². The Kier molecular flexibility index (Phi) is 7.01. The van der Waals surface area contributed by atoms with E-state index in [9.17, 15) is 9.59 Å². The fourth-order valence-corrected chi connectivity index (χ4v) is 1.99. The number of halogens is 1. The molecule has 0 amide bonds. The third-order valence-electron chi connectivity index (χ3n) is 2.37. The molecule has 0 atom stereocenters. The van der Waals surface area contributed by atoms with Crippen LogP contribution in [0.4, 0.5) is 0 Å². The predicted molar refractivity (Wildman–Crippen MR) is 80.0 cm³/mol. The second-order valence-corrected chi connectivity index (χ2v) is 4.84. The van der Waals surface area contributed by atoms with Crippen molar-refractivity contribution < 1.29 is 19.1 Å². The van der Waals surface area contributed by atoms with Gasteiger partial charge in [0.25, 0.3) is 0 Å². The zero-order valence-electron chi connectivity index (χ0n) is 11.5. The number of hydrogen-bond acceptors (Lipinski definition) is 4. The first-order valence-corrected chi connectivity index (χ1v) is 7.15. The fourth-order valence-electron chi connectivity index (χ4n) is 1.57. The first-order chi connectivity index (χ1) is 9.56. The Hall–Kier alpha value is -1.62. The van der Waals surface area contributed by atoms with Gasteiger partial charge in [0.05, 0.1) is 19.6 Å². The molecule has 5 heteroatoms. The van der Waals surface area contributed by atoms with Gasteiger partial charge in [0.1, 0.15) is 0 Å². The van der Waals surface area contributed by atoms with Gasteiger partial charge in [0.15, 0.2) is 0 Å². The summed E-state index contributed by atoms with van der Waals surface area (Å²) in [6.07, 6.45) is 1.54. The van der Waals surface area contributed by atoms with E-state index in [1.807, 2.05) is 24.3 Å². The molecular formula is C15H17BrO4. The van der Waals surface area contributed by atoms with Crippen molar-refractivity contribution >= 4 is 33.9 Å². The average Bonchev–Trinajstić information content (AvgIpc) is 2.38. The highest BCUT2D eigenvalue weighted by Gasteiger charge is 2.16. The number of rotatable bonds is 6. The Morgan fingerprint density at radius 3 is 2.50 bits per heavy atom. The lowest BCUT2D eigenvalue weighted by Crippen LogP contribution is -2.13. The van der Waals surface area contributed by atoms with Gasteiger partial charge in [-0.25, -0.2) is 4.79 Å². The second-order valence-electron chi connectivity index (χ2n) is 3.93. The Balaban J connectivity index is 2.97. The van der Waals surface area contributed by atoms with Gasteiger partial charge in [-0.1, -0.05) is 28.1 Å². The third kappa shape index (κ3) is 5.57. The molecule has 0 aliphatic heterocycles. The summed E-state index contributed by atoms with van der Waals surface area (Å²) in [6, 6.07) is 7.43. The average molecular weight is 341 g/mol. The molecule has 1 aromatic rings. The van der Waals surface area contributed by atoms with Crippen LogP contribution in [0.15, 0.2) is 34.3 Å². The first kappa shape index (κ1) is 16.4. The van der Waals surface area contributed by atoms with E-state index >= 15 is 0 Å². The van der Waals surface area contributed by atoms with Crippen LogP contribution in [0.3, 0.4) is 0 Å². The minimum absolute atomic E-state index is 0.0980. The van der Waals surface area contributed by atoms with Crippen LogP contribution in [-0.2, 0) is 19.1 Å². The topological polar surface area (TPSA) is 52.6 Å². The Labute approximate surface area is 126 Å². The van der Waals surface area contributed by atoms with Crippen LogP contribution in [0.5, 0.6) is 0 Å². The molecule has 1 aromatic carbocycles. The molecule has 0 saturated carbocycles. The van der Waals surface area contributed by atoms with E-state index in [2.05, 4.69) is 15.9 Å². The van der Waals surface area contributed by atoms with E-state index < -0.39 is 11.9 Å². The van der Waals surface area contributed by atoms with Crippen LogP contribution in [-0.4, -0.2) is 25.2 Å². The maximum Gasteiger partial charge on any atom is 0.334 e. The number of carbonyl (C=O) groups is 2. The summed E-state index contributed by atoms with van der Waals surface area (Å²) in [7, 11) is 0. The summed E-state index contributed by atoms with van der Waals surface area (Å²) in [5.41, 5.74) is 1.09. The number of carbonyl (C=O) groups excluding carboxylic acids is 2. The molecule has 0 heterocycles. The van der Waals surface area contributed by atoms with Crippen molar-refractivity contribution in [2.75, 3.05) is 13.2 Å². The fraction of sp³-hybridized carbons (Fsp3) is 0.333. The lowest BCUT2D eigenvalue weighted by atomic mass is 10.1. The number of esters is 2. The van der Waals surface area contributed by atoms with Crippen molar-refractivity contribution in [1.82, 2.24) is 0 Å². The molecule has 20 heavy (non-hydrogen) atoms. The second kappa shape index (κ2) is 8.53. The molecule has 0 N–H and O–H groups in total. The number of hydrogen-bond donors (Lipinski definition) is 0. The Morgan fingerprint density at radius 2 is 1.90 bits per heavy atom. The van der Waals surface area contributed by atoms with E-state index in [-0.39, 0.29) is 25.2 Å².